The summed E-state index contributed by atoms with van der Waals surface area (Å²) in [4.78, 5) is 10.6. The van der Waals surface area contributed by atoms with E-state index in [4.69, 9.17) is 26.2 Å². The first kappa shape index (κ1) is 18.6. The molecule has 0 aromatic heterocycles. The van der Waals surface area contributed by atoms with Crippen LogP contribution in [0.25, 0.3) is 0 Å². The summed E-state index contributed by atoms with van der Waals surface area (Å²) in [7, 11) is 1.56. The Kier molecular flexibility index (Phi) is 6.90. The quantitative estimate of drug-likeness (QED) is 0.686. The van der Waals surface area contributed by atoms with Gasteiger partial charge in [-0.15, -0.1) is 0 Å². The Morgan fingerprint density at radius 2 is 2.08 bits per heavy atom. The van der Waals surface area contributed by atoms with Crippen molar-refractivity contribution >= 4 is 33.5 Å². The summed E-state index contributed by atoms with van der Waals surface area (Å²) in [6.45, 7) is 0.652. The van der Waals surface area contributed by atoms with Gasteiger partial charge in [-0.25, -0.2) is 0 Å². The Morgan fingerprint density at radius 3 is 2.75 bits per heavy atom. The van der Waals surface area contributed by atoms with Crippen LogP contribution in [0.4, 0.5) is 0 Å². The molecular weight excluding hydrogens is 398 g/mol. The lowest BCUT2D eigenvalue weighted by atomic mass is 10.2. The van der Waals surface area contributed by atoms with E-state index >= 15 is 0 Å². The molecule has 0 aliphatic heterocycles. The molecule has 0 amide bonds. The van der Waals surface area contributed by atoms with Gasteiger partial charge in [0.25, 0.3) is 0 Å². The highest BCUT2D eigenvalue weighted by Gasteiger charge is 2.11. The number of aliphatic carboxylic acids is 1. The minimum Gasteiger partial charge on any atom is -0.493 e. The Balaban J connectivity index is 2.09. The van der Waals surface area contributed by atoms with Gasteiger partial charge in [-0.05, 0) is 35.4 Å². The van der Waals surface area contributed by atoms with Gasteiger partial charge in [0.15, 0.2) is 11.5 Å². The van der Waals surface area contributed by atoms with Gasteiger partial charge >= 0.3 is 5.97 Å². The zero-order valence-corrected chi connectivity index (χ0v) is 15.4. The van der Waals surface area contributed by atoms with E-state index < -0.39 is 5.97 Å². The molecule has 5 nitrogen and oxygen atoms in total. The Bertz CT molecular complexity index is 724. The van der Waals surface area contributed by atoms with Crippen molar-refractivity contribution in [3.8, 4) is 11.5 Å². The second kappa shape index (κ2) is 8.92. The average molecular weight is 415 g/mol. The maximum atomic E-state index is 10.6. The van der Waals surface area contributed by atoms with Crippen LogP contribution in [0.3, 0.4) is 0 Å². The molecule has 0 radical (unpaired) electrons. The van der Waals surface area contributed by atoms with Crippen LogP contribution in [-0.4, -0.2) is 24.7 Å². The third-order valence-corrected chi connectivity index (χ3v) is 4.18. The van der Waals surface area contributed by atoms with Crippen molar-refractivity contribution in [1.29, 1.82) is 0 Å². The van der Waals surface area contributed by atoms with Crippen molar-refractivity contribution < 1.29 is 19.4 Å². The molecule has 7 heteroatoms. The van der Waals surface area contributed by atoms with Crippen molar-refractivity contribution in [3.05, 3.63) is 57.0 Å². The van der Waals surface area contributed by atoms with E-state index in [1.165, 1.54) is 0 Å². The number of carboxylic acids is 1. The zero-order chi connectivity index (χ0) is 17.5. The standard InChI is InChI=1S/C17H17BrClNO4/c1-23-15-6-12(8-20-9-17(21)22)14(18)7-16(15)24-10-11-3-2-4-13(19)5-11/h2-7,20H,8-10H2,1H3,(H,21,22). The van der Waals surface area contributed by atoms with Crippen LogP contribution in [0, 0.1) is 0 Å². The van der Waals surface area contributed by atoms with Gasteiger partial charge < -0.3 is 19.9 Å². The Hall–Kier alpha value is -1.76. The molecule has 0 bridgehead atoms. The first-order valence-electron chi connectivity index (χ1n) is 7.15. The summed E-state index contributed by atoms with van der Waals surface area (Å²) in [5.41, 5.74) is 1.83. The van der Waals surface area contributed by atoms with Gasteiger partial charge in [0.05, 0.1) is 13.7 Å². The number of ether oxygens (including phenoxy) is 2. The normalized spacial score (nSPS) is 10.5. The van der Waals surface area contributed by atoms with E-state index in [0.29, 0.717) is 29.7 Å². The van der Waals surface area contributed by atoms with Gasteiger partial charge in [-0.1, -0.05) is 39.7 Å². The molecule has 0 fully saturated rings. The number of rotatable bonds is 8. The lowest BCUT2D eigenvalue weighted by molar-refractivity contribution is -0.135. The predicted octanol–water partition coefficient (Wildman–Crippen LogP) is 3.86. The number of hydrogen-bond donors (Lipinski definition) is 2. The summed E-state index contributed by atoms with van der Waals surface area (Å²) in [5, 5.41) is 12.2. The molecule has 0 aliphatic rings. The van der Waals surface area contributed by atoms with Gasteiger partial charge in [-0.3, -0.25) is 4.79 Å². The summed E-state index contributed by atoms with van der Waals surface area (Å²) in [6.07, 6.45) is 0. The molecule has 2 aromatic rings. The van der Waals surface area contributed by atoms with Crippen molar-refractivity contribution in [1.82, 2.24) is 5.32 Å². The summed E-state index contributed by atoms with van der Waals surface area (Å²) < 4.78 is 12.0. The number of nitrogens with one attached hydrogen (secondary N) is 1. The molecule has 0 saturated carbocycles. The number of methoxy groups -OCH3 is 1. The topological polar surface area (TPSA) is 67.8 Å². The third kappa shape index (κ3) is 5.40. The number of benzene rings is 2. The monoisotopic (exact) mass is 413 g/mol. The molecule has 0 aliphatic carbocycles. The molecular formula is C17H17BrClNO4. The number of carboxylic acid groups (broad SMARTS) is 1. The fourth-order valence-electron chi connectivity index (χ4n) is 2.08. The second-order valence-electron chi connectivity index (χ2n) is 5.01. The molecule has 128 valence electrons. The van der Waals surface area contributed by atoms with Crippen LogP contribution in [0.2, 0.25) is 5.02 Å². The molecule has 0 atom stereocenters. The maximum absolute atomic E-state index is 10.6. The molecule has 0 unspecified atom stereocenters. The summed E-state index contributed by atoms with van der Waals surface area (Å²) in [6, 6.07) is 11.1. The van der Waals surface area contributed by atoms with Crippen molar-refractivity contribution in [2.45, 2.75) is 13.2 Å². The fraction of sp³-hybridized carbons (Fsp3) is 0.235. The molecule has 2 N–H and O–H groups in total. The minimum atomic E-state index is -0.903. The molecule has 24 heavy (non-hydrogen) atoms. The van der Waals surface area contributed by atoms with E-state index in [0.717, 1.165) is 15.6 Å². The lowest BCUT2D eigenvalue weighted by Crippen LogP contribution is -2.22. The highest BCUT2D eigenvalue weighted by atomic mass is 79.9. The lowest BCUT2D eigenvalue weighted by Gasteiger charge is -2.14. The van der Waals surface area contributed by atoms with Crippen molar-refractivity contribution in [2.24, 2.45) is 0 Å². The van der Waals surface area contributed by atoms with Crippen LogP contribution in [0.1, 0.15) is 11.1 Å². The van der Waals surface area contributed by atoms with E-state index in [1.54, 1.807) is 19.2 Å². The van der Waals surface area contributed by atoms with Crippen LogP contribution in [0.5, 0.6) is 11.5 Å². The second-order valence-corrected chi connectivity index (χ2v) is 6.30. The number of hydrogen-bond acceptors (Lipinski definition) is 4. The average Bonchev–Trinajstić information content (AvgIpc) is 2.54. The van der Waals surface area contributed by atoms with Gasteiger partial charge in [0.2, 0.25) is 0 Å². The summed E-state index contributed by atoms with van der Waals surface area (Å²) >= 11 is 9.44. The predicted molar refractivity (Wildman–Crippen MR) is 95.8 cm³/mol. The van der Waals surface area contributed by atoms with E-state index in [-0.39, 0.29) is 6.54 Å². The van der Waals surface area contributed by atoms with Crippen molar-refractivity contribution in [3.63, 3.8) is 0 Å². The van der Waals surface area contributed by atoms with Crippen LogP contribution in [0.15, 0.2) is 40.9 Å². The molecule has 2 aromatic carbocycles. The van der Waals surface area contributed by atoms with E-state index in [1.807, 2.05) is 24.3 Å². The number of carbonyl (C=O) groups is 1. The van der Waals surface area contributed by atoms with Gasteiger partial charge in [0, 0.05) is 16.0 Å². The van der Waals surface area contributed by atoms with E-state index in [2.05, 4.69) is 21.2 Å². The summed E-state index contributed by atoms with van der Waals surface area (Å²) in [5.74, 6) is 0.262. The first-order valence-corrected chi connectivity index (χ1v) is 8.33. The third-order valence-electron chi connectivity index (χ3n) is 3.21. The maximum Gasteiger partial charge on any atom is 0.317 e. The fourth-order valence-corrected chi connectivity index (χ4v) is 2.75. The molecule has 0 heterocycles. The van der Waals surface area contributed by atoms with Gasteiger partial charge in [-0.2, -0.15) is 0 Å². The highest BCUT2D eigenvalue weighted by Crippen LogP contribution is 2.34. The highest BCUT2D eigenvalue weighted by molar-refractivity contribution is 9.10. The van der Waals surface area contributed by atoms with Crippen LogP contribution in [-0.2, 0) is 17.9 Å². The van der Waals surface area contributed by atoms with Gasteiger partial charge in [0.1, 0.15) is 6.61 Å². The SMILES string of the molecule is COc1cc(CNCC(=O)O)c(Br)cc1OCc1cccc(Cl)c1. The minimum absolute atomic E-state index is 0.109. The van der Waals surface area contributed by atoms with Crippen molar-refractivity contribution in [2.75, 3.05) is 13.7 Å². The largest absolute Gasteiger partial charge is 0.493 e. The molecule has 2 rings (SSSR count). The zero-order valence-electron chi connectivity index (χ0n) is 13.0. The molecule has 0 saturated heterocycles. The Labute approximate surface area is 153 Å². The van der Waals surface area contributed by atoms with E-state index in [9.17, 15) is 4.79 Å². The first-order chi connectivity index (χ1) is 11.5. The van der Waals surface area contributed by atoms with Crippen LogP contribution >= 0.6 is 27.5 Å². The smallest absolute Gasteiger partial charge is 0.317 e. The Morgan fingerprint density at radius 1 is 1.29 bits per heavy atom. The van der Waals surface area contributed by atoms with Crippen LogP contribution < -0.4 is 14.8 Å². The number of halogens is 2. The molecule has 0 spiro atoms.